The number of carbonyl (C=O) groups excluding carboxylic acids is 2. The van der Waals surface area contributed by atoms with Crippen molar-refractivity contribution in [2.24, 2.45) is 0 Å². The third-order valence-corrected chi connectivity index (χ3v) is 8.04. The molecule has 0 saturated carbocycles. The number of sulfonamides is 1. The lowest BCUT2D eigenvalue weighted by Crippen LogP contribution is -2.56. The van der Waals surface area contributed by atoms with Crippen LogP contribution in [0.1, 0.15) is 31.9 Å². The van der Waals surface area contributed by atoms with Crippen LogP contribution in [0.3, 0.4) is 0 Å². The first-order valence-corrected chi connectivity index (χ1v) is 15.9. The van der Waals surface area contributed by atoms with Gasteiger partial charge in [0.15, 0.2) is 0 Å². The summed E-state index contributed by atoms with van der Waals surface area (Å²) < 4.78 is 32.9. The molecular formula is C30H35BrClN3O5S. The number of hydrogen-bond acceptors (Lipinski definition) is 5. The Morgan fingerprint density at radius 3 is 2.22 bits per heavy atom. The number of halogens is 2. The molecule has 41 heavy (non-hydrogen) atoms. The average molecular weight is 665 g/mol. The lowest BCUT2D eigenvalue weighted by atomic mass is 10.0. The van der Waals surface area contributed by atoms with Crippen LogP contribution in [-0.2, 0) is 32.6 Å². The van der Waals surface area contributed by atoms with E-state index in [1.807, 2.05) is 75.4 Å². The molecule has 0 unspecified atom stereocenters. The molecule has 3 aromatic carbocycles. The van der Waals surface area contributed by atoms with Gasteiger partial charge in [-0.05, 0) is 62.2 Å². The van der Waals surface area contributed by atoms with E-state index in [2.05, 4.69) is 21.2 Å². The molecule has 3 aromatic rings. The molecular weight excluding hydrogens is 630 g/mol. The molecule has 0 aliphatic carbocycles. The van der Waals surface area contributed by atoms with Gasteiger partial charge in [0.25, 0.3) is 0 Å². The minimum atomic E-state index is -3.92. The predicted octanol–water partition coefficient (Wildman–Crippen LogP) is 5.43. The maximum atomic E-state index is 14.1. The van der Waals surface area contributed by atoms with Gasteiger partial charge in [0.2, 0.25) is 21.8 Å². The minimum absolute atomic E-state index is 0.0777. The number of anilines is 1. The third-order valence-electron chi connectivity index (χ3n) is 6.11. The van der Waals surface area contributed by atoms with E-state index in [1.54, 1.807) is 0 Å². The topological polar surface area (TPSA) is 96.0 Å². The van der Waals surface area contributed by atoms with E-state index in [0.717, 1.165) is 26.2 Å². The molecule has 0 saturated heterocycles. The summed E-state index contributed by atoms with van der Waals surface area (Å²) in [6, 6.07) is 20.4. The van der Waals surface area contributed by atoms with Crippen molar-refractivity contribution in [2.45, 2.75) is 45.3 Å². The summed E-state index contributed by atoms with van der Waals surface area (Å²) in [6.45, 7) is 5.13. The van der Waals surface area contributed by atoms with Crippen LogP contribution in [0.2, 0.25) is 5.02 Å². The van der Waals surface area contributed by atoms with Gasteiger partial charge in [-0.15, -0.1) is 0 Å². The Kier molecular flexibility index (Phi) is 10.9. The van der Waals surface area contributed by atoms with Gasteiger partial charge in [0.1, 0.15) is 18.3 Å². The summed E-state index contributed by atoms with van der Waals surface area (Å²) in [4.78, 5) is 29.3. The lowest BCUT2D eigenvalue weighted by Gasteiger charge is -2.35. The smallest absolute Gasteiger partial charge is 0.244 e. The molecule has 0 fully saturated rings. The lowest BCUT2D eigenvalue weighted by molar-refractivity contribution is -0.140. The van der Waals surface area contributed by atoms with E-state index in [1.165, 1.54) is 30.2 Å². The van der Waals surface area contributed by atoms with Crippen LogP contribution in [0.25, 0.3) is 0 Å². The summed E-state index contributed by atoms with van der Waals surface area (Å²) in [5.41, 5.74) is 1.27. The SMILES string of the molecule is COc1ccc(N(CC(=O)N(Cc2cccc(Br)c2)[C@@H](Cc2ccccc2)C(=O)NC(C)(C)C)S(C)(=O)=O)cc1Cl. The summed E-state index contributed by atoms with van der Waals surface area (Å²) in [5.74, 6) is -0.524. The normalized spacial score (nSPS) is 12.4. The molecule has 1 atom stereocenters. The van der Waals surface area contributed by atoms with Crippen molar-refractivity contribution in [1.29, 1.82) is 0 Å². The second kappa shape index (κ2) is 13.7. The number of nitrogens with zero attached hydrogens (tertiary/aromatic N) is 2. The minimum Gasteiger partial charge on any atom is -0.495 e. The van der Waals surface area contributed by atoms with E-state index in [4.69, 9.17) is 16.3 Å². The van der Waals surface area contributed by atoms with Gasteiger partial charge in [0.05, 0.1) is 24.1 Å². The zero-order valence-electron chi connectivity index (χ0n) is 23.7. The number of nitrogens with one attached hydrogen (secondary N) is 1. The number of benzene rings is 3. The molecule has 11 heteroatoms. The van der Waals surface area contributed by atoms with E-state index < -0.39 is 34.1 Å². The molecule has 0 aliphatic heterocycles. The van der Waals surface area contributed by atoms with Crippen LogP contribution in [0.15, 0.2) is 77.3 Å². The van der Waals surface area contributed by atoms with Crippen LogP contribution in [0, 0.1) is 0 Å². The zero-order valence-corrected chi connectivity index (χ0v) is 26.9. The molecule has 1 N–H and O–H groups in total. The first kappa shape index (κ1) is 32.4. The second-order valence-electron chi connectivity index (χ2n) is 10.7. The van der Waals surface area contributed by atoms with Crippen molar-refractivity contribution in [3.05, 3.63) is 93.4 Å². The Balaban J connectivity index is 2.09. The first-order chi connectivity index (χ1) is 19.2. The highest BCUT2D eigenvalue weighted by molar-refractivity contribution is 9.10. The highest BCUT2D eigenvalue weighted by Gasteiger charge is 2.34. The van der Waals surface area contributed by atoms with Gasteiger partial charge < -0.3 is 15.0 Å². The Hall–Kier alpha value is -3.08. The molecule has 0 aliphatic rings. The summed E-state index contributed by atoms with van der Waals surface area (Å²) >= 11 is 9.76. The summed E-state index contributed by atoms with van der Waals surface area (Å²) in [6.07, 6.45) is 1.25. The third kappa shape index (κ3) is 9.48. The Morgan fingerprint density at radius 2 is 1.66 bits per heavy atom. The monoisotopic (exact) mass is 663 g/mol. The van der Waals surface area contributed by atoms with Crippen LogP contribution in [0.5, 0.6) is 5.75 Å². The van der Waals surface area contributed by atoms with E-state index in [-0.39, 0.29) is 29.6 Å². The summed E-state index contributed by atoms with van der Waals surface area (Å²) in [7, 11) is -2.47. The second-order valence-corrected chi connectivity index (χ2v) is 13.9. The fourth-order valence-corrected chi connectivity index (χ4v) is 5.80. The molecule has 0 heterocycles. The molecule has 220 valence electrons. The quantitative estimate of drug-likeness (QED) is 0.295. The van der Waals surface area contributed by atoms with Gasteiger partial charge in [-0.1, -0.05) is 70.0 Å². The fourth-order valence-electron chi connectivity index (χ4n) is 4.26. The van der Waals surface area contributed by atoms with Gasteiger partial charge in [0, 0.05) is 23.0 Å². The van der Waals surface area contributed by atoms with Crippen molar-refractivity contribution >= 4 is 55.1 Å². The Labute approximate surface area is 255 Å². The van der Waals surface area contributed by atoms with Crippen molar-refractivity contribution in [1.82, 2.24) is 10.2 Å². The van der Waals surface area contributed by atoms with Crippen molar-refractivity contribution in [2.75, 3.05) is 24.2 Å². The number of ether oxygens (including phenoxy) is 1. The highest BCUT2D eigenvalue weighted by Crippen LogP contribution is 2.30. The van der Waals surface area contributed by atoms with Crippen LogP contribution in [-0.4, -0.2) is 56.6 Å². The van der Waals surface area contributed by atoms with Crippen molar-refractivity contribution < 1.29 is 22.7 Å². The number of carbonyl (C=O) groups is 2. The fraction of sp³-hybridized carbons (Fsp3) is 0.333. The van der Waals surface area contributed by atoms with Crippen molar-refractivity contribution in [3.8, 4) is 5.75 Å². The molecule has 0 radical (unpaired) electrons. The Morgan fingerprint density at radius 1 is 1.00 bits per heavy atom. The number of methoxy groups -OCH3 is 1. The largest absolute Gasteiger partial charge is 0.495 e. The predicted molar refractivity (Wildman–Crippen MR) is 167 cm³/mol. The van der Waals surface area contributed by atoms with Crippen LogP contribution < -0.4 is 14.4 Å². The van der Waals surface area contributed by atoms with Crippen molar-refractivity contribution in [3.63, 3.8) is 0 Å². The zero-order chi connectivity index (χ0) is 30.4. The molecule has 8 nitrogen and oxygen atoms in total. The van der Waals surface area contributed by atoms with E-state index >= 15 is 0 Å². The highest BCUT2D eigenvalue weighted by atomic mass is 79.9. The number of rotatable bonds is 11. The van der Waals surface area contributed by atoms with E-state index in [9.17, 15) is 18.0 Å². The van der Waals surface area contributed by atoms with Gasteiger partial charge in [-0.25, -0.2) is 8.42 Å². The Bertz CT molecular complexity index is 1480. The van der Waals surface area contributed by atoms with Crippen LogP contribution >= 0.6 is 27.5 Å². The van der Waals surface area contributed by atoms with Crippen LogP contribution in [0.4, 0.5) is 5.69 Å². The molecule has 2 amide bonds. The van der Waals surface area contributed by atoms with Gasteiger partial charge in [-0.3, -0.25) is 13.9 Å². The maximum Gasteiger partial charge on any atom is 0.244 e. The van der Waals surface area contributed by atoms with Gasteiger partial charge >= 0.3 is 0 Å². The standard InChI is InChI=1S/C30H35BrClN3O5S/c1-30(2,3)33-29(37)26(17-21-10-7-6-8-11-21)34(19-22-12-9-13-23(31)16-22)28(36)20-35(41(5,38)39)24-14-15-27(40-4)25(32)18-24/h6-16,18,26H,17,19-20H2,1-5H3,(H,33,37)/t26-/m0/s1. The molecule has 3 rings (SSSR count). The maximum absolute atomic E-state index is 14.1. The average Bonchev–Trinajstić information content (AvgIpc) is 2.88. The van der Waals surface area contributed by atoms with E-state index in [0.29, 0.717) is 5.75 Å². The first-order valence-electron chi connectivity index (χ1n) is 12.9. The summed E-state index contributed by atoms with van der Waals surface area (Å²) in [5, 5.41) is 3.20. The molecule has 0 aromatic heterocycles. The molecule has 0 bridgehead atoms. The van der Waals surface area contributed by atoms with Gasteiger partial charge in [-0.2, -0.15) is 0 Å². The number of hydrogen-bond donors (Lipinski definition) is 1. The molecule has 0 spiro atoms. The number of amides is 2.